The zero-order valence-corrected chi connectivity index (χ0v) is 11.6. The van der Waals surface area contributed by atoms with E-state index in [9.17, 15) is 13.2 Å². The molecule has 20 heavy (non-hydrogen) atoms. The highest BCUT2D eigenvalue weighted by atomic mass is 32.2. The van der Waals surface area contributed by atoms with Gasteiger partial charge in [-0.3, -0.25) is 4.79 Å². The van der Waals surface area contributed by atoms with E-state index in [0.29, 0.717) is 5.65 Å². The summed E-state index contributed by atoms with van der Waals surface area (Å²) in [6.07, 6.45) is 4.92. The van der Waals surface area contributed by atoms with Gasteiger partial charge in [-0.2, -0.15) is 0 Å². The van der Waals surface area contributed by atoms with Crippen LogP contribution in [0.3, 0.4) is 0 Å². The Bertz CT molecular complexity index is 820. The molecule has 0 bridgehead atoms. The summed E-state index contributed by atoms with van der Waals surface area (Å²) in [5.74, 6) is -0.467. The second kappa shape index (κ2) is 4.45. The van der Waals surface area contributed by atoms with Gasteiger partial charge in [0.15, 0.2) is 9.84 Å². The third kappa shape index (κ3) is 2.32. The Morgan fingerprint density at radius 1 is 1.50 bits per heavy atom. The first-order valence-electron chi connectivity index (χ1n) is 6.11. The Labute approximate surface area is 116 Å². The summed E-state index contributed by atoms with van der Waals surface area (Å²) in [4.78, 5) is 16.3. The van der Waals surface area contributed by atoms with Crippen LogP contribution in [0, 0.1) is 6.92 Å². The molecule has 1 aliphatic rings. The molecule has 3 rings (SSSR count). The van der Waals surface area contributed by atoms with Crippen LogP contribution in [-0.4, -0.2) is 35.5 Å². The predicted octanol–water partition coefficient (Wildman–Crippen LogP) is 0.683. The van der Waals surface area contributed by atoms with Crippen LogP contribution in [0.5, 0.6) is 0 Å². The SMILES string of the molecule is Cc1cccn2cc(C(=O)N[C@@H]3C=CS(=O)(=O)C3)nc12. The number of sulfone groups is 1. The largest absolute Gasteiger partial charge is 0.343 e. The molecule has 6 nitrogen and oxygen atoms in total. The molecule has 2 aromatic rings. The van der Waals surface area contributed by atoms with Crippen LogP contribution in [0.1, 0.15) is 16.1 Å². The van der Waals surface area contributed by atoms with Gasteiger partial charge in [0.1, 0.15) is 11.3 Å². The third-order valence-corrected chi connectivity index (χ3v) is 4.55. The van der Waals surface area contributed by atoms with E-state index in [2.05, 4.69) is 10.3 Å². The van der Waals surface area contributed by atoms with Gasteiger partial charge in [-0.1, -0.05) is 6.07 Å². The van der Waals surface area contributed by atoms with Gasteiger partial charge in [0, 0.05) is 17.8 Å². The lowest BCUT2D eigenvalue weighted by molar-refractivity contribution is 0.0943. The van der Waals surface area contributed by atoms with Crippen molar-refractivity contribution in [2.75, 3.05) is 5.75 Å². The average Bonchev–Trinajstić information content (AvgIpc) is 2.94. The van der Waals surface area contributed by atoms with Gasteiger partial charge < -0.3 is 9.72 Å². The van der Waals surface area contributed by atoms with E-state index in [4.69, 9.17) is 0 Å². The summed E-state index contributed by atoms with van der Waals surface area (Å²) in [7, 11) is -3.18. The van der Waals surface area contributed by atoms with Crippen molar-refractivity contribution in [2.24, 2.45) is 0 Å². The van der Waals surface area contributed by atoms with Gasteiger partial charge in [-0.15, -0.1) is 0 Å². The number of hydrogen-bond donors (Lipinski definition) is 1. The van der Waals surface area contributed by atoms with Crippen molar-refractivity contribution in [2.45, 2.75) is 13.0 Å². The minimum absolute atomic E-state index is 0.0921. The van der Waals surface area contributed by atoms with E-state index in [1.807, 2.05) is 25.3 Å². The molecule has 0 saturated carbocycles. The Kier molecular flexibility index (Phi) is 2.86. The maximum Gasteiger partial charge on any atom is 0.272 e. The normalized spacial score (nSPS) is 20.4. The van der Waals surface area contributed by atoms with Gasteiger partial charge in [-0.05, 0) is 24.6 Å². The van der Waals surface area contributed by atoms with Crippen molar-refractivity contribution in [1.82, 2.24) is 14.7 Å². The van der Waals surface area contributed by atoms with Gasteiger partial charge in [0.25, 0.3) is 5.91 Å². The van der Waals surface area contributed by atoms with Gasteiger partial charge in [0.05, 0.1) is 11.8 Å². The molecule has 0 fully saturated rings. The molecule has 1 amide bonds. The fourth-order valence-electron chi connectivity index (χ4n) is 2.17. The fraction of sp³-hybridized carbons (Fsp3) is 0.231. The van der Waals surface area contributed by atoms with Crippen molar-refractivity contribution in [3.63, 3.8) is 0 Å². The molecule has 0 unspecified atom stereocenters. The minimum Gasteiger partial charge on any atom is -0.343 e. The van der Waals surface area contributed by atoms with Crippen molar-refractivity contribution in [1.29, 1.82) is 0 Å². The molecule has 1 N–H and O–H groups in total. The fourth-order valence-corrected chi connectivity index (χ4v) is 3.41. The molecule has 2 aromatic heterocycles. The van der Waals surface area contributed by atoms with E-state index in [-0.39, 0.29) is 17.4 Å². The molecule has 0 saturated heterocycles. The molecule has 1 atom stereocenters. The number of nitrogens with zero attached hydrogens (tertiary/aromatic N) is 2. The number of rotatable bonds is 2. The first-order chi connectivity index (χ1) is 9.44. The van der Waals surface area contributed by atoms with Crippen LogP contribution >= 0.6 is 0 Å². The number of amides is 1. The Balaban J connectivity index is 1.83. The Morgan fingerprint density at radius 3 is 2.95 bits per heavy atom. The van der Waals surface area contributed by atoms with E-state index < -0.39 is 15.9 Å². The van der Waals surface area contributed by atoms with Crippen LogP contribution in [0.4, 0.5) is 0 Å². The van der Waals surface area contributed by atoms with Gasteiger partial charge in [0.2, 0.25) is 0 Å². The number of carbonyl (C=O) groups is 1. The summed E-state index contributed by atoms with van der Waals surface area (Å²) in [5.41, 5.74) is 1.96. The van der Waals surface area contributed by atoms with E-state index in [0.717, 1.165) is 11.0 Å². The second-order valence-corrected chi connectivity index (χ2v) is 6.72. The number of aromatic nitrogens is 2. The third-order valence-electron chi connectivity index (χ3n) is 3.16. The second-order valence-electron chi connectivity index (χ2n) is 4.79. The van der Waals surface area contributed by atoms with E-state index >= 15 is 0 Å². The smallest absolute Gasteiger partial charge is 0.272 e. The van der Waals surface area contributed by atoms with Crippen molar-refractivity contribution < 1.29 is 13.2 Å². The van der Waals surface area contributed by atoms with Crippen LogP contribution in [-0.2, 0) is 9.84 Å². The van der Waals surface area contributed by atoms with Gasteiger partial charge >= 0.3 is 0 Å². The monoisotopic (exact) mass is 291 g/mol. The number of fused-ring (bicyclic) bond motifs is 1. The summed E-state index contributed by atoms with van der Waals surface area (Å²) < 4.78 is 24.3. The summed E-state index contributed by atoms with van der Waals surface area (Å²) >= 11 is 0. The number of aryl methyl sites for hydroxylation is 1. The van der Waals surface area contributed by atoms with Crippen LogP contribution in [0.15, 0.2) is 36.0 Å². The highest BCUT2D eigenvalue weighted by molar-refractivity contribution is 7.94. The van der Waals surface area contributed by atoms with Crippen LogP contribution in [0.2, 0.25) is 0 Å². The summed E-state index contributed by atoms with van der Waals surface area (Å²) in [6.45, 7) is 1.91. The molecule has 7 heteroatoms. The quantitative estimate of drug-likeness (QED) is 0.882. The topological polar surface area (TPSA) is 80.5 Å². The molecule has 1 aliphatic heterocycles. The number of nitrogens with one attached hydrogen (secondary N) is 1. The maximum atomic E-state index is 12.1. The highest BCUT2D eigenvalue weighted by Crippen LogP contribution is 2.12. The van der Waals surface area contributed by atoms with Crippen molar-refractivity contribution >= 4 is 21.4 Å². The number of imidazole rings is 1. The van der Waals surface area contributed by atoms with Crippen molar-refractivity contribution in [3.8, 4) is 0 Å². The van der Waals surface area contributed by atoms with Crippen molar-refractivity contribution in [3.05, 3.63) is 47.3 Å². The Morgan fingerprint density at radius 2 is 2.30 bits per heavy atom. The number of carbonyl (C=O) groups excluding carboxylic acids is 1. The zero-order valence-electron chi connectivity index (χ0n) is 10.8. The summed E-state index contributed by atoms with van der Waals surface area (Å²) in [5, 5.41) is 3.78. The predicted molar refractivity (Wildman–Crippen MR) is 74.1 cm³/mol. The van der Waals surface area contributed by atoms with Gasteiger partial charge in [-0.25, -0.2) is 13.4 Å². The lowest BCUT2D eigenvalue weighted by atomic mass is 10.3. The zero-order chi connectivity index (χ0) is 14.3. The minimum atomic E-state index is -3.18. The first kappa shape index (κ1) is 12.9. The average molecular weight is 291 g/mol. The Hall–Kier alpha value is -2.15. The molecule has 0 spiro atoms. The molecular weight excluding hydrogens is 278 g/mol. The highest BCUT2D eigenvalue weighted by Gasteiger charge is 2.24. The first-order valence-corrected chi connectivity index (χ1v) is 7.82. The molecule has 0 aromatic carbocycles. The lowest BCUT2D eigenvalue weighted by Gasteiger charge is -2.07. The standard InChI is InChI=1S/C13H13N3O3S/c1-9-3-2-5-16-7-11(15-12(9)16)13(17)14-10-4-6-20(18,19)8-10/h2-7,10H,8H2,1H3,(H,14,17)/t10-/m1/s1. The molecule has 104 valence electrons. The molecule has 0 aliphatic carbocycles. The van der Waals surface area contributed by atoms with E-state index in [1.54, 1.807) is 10.6 Å². The molecular formula is C13H13N3O3S. The molecule has 3 heterocycles. The summed E-state index contributed by atoms with van der Waals surface area (Å²) in [6, 6.07) is 3.30. The van der Waals surface area contributed by atoms with Crippen LogP contribution < -0.4 is 5.32 Å². The molecule has 0 radical (unpaired) electrons. The van der Waals surface area contributed by atoms with Crippen LogP contribution in [0.25, 0.3) is 5.65 Å². The number of hydrogen-bond acceptors (Lipinski definition) is 4. The lowest BCUT2D eigenvalue weighted by Crippen LogP contribution is -2.35. The number of pyridine rings is 1. The van der Waals surface area contributed by atoms with E-state index in [1.165, 1.54) is 6.08 Å². The maximum absolute atomic E-state index is 12.1.